The Morgan fingerprint density at radius 1 is 1.25 bits per heavy atom. The van der Waals surface area contributed by atoms with Crippen LogP contribution in [0.1, 0.15) is 30.1 Å². The van der Waals surface area contributed by atoms with Gasteiger partial charge in [0.15, 0.2) is 0 Å². The Balaban J connectivity index is 1.86. The van der Waals surface area contributed by atoms with Crippen molar-refractivity contribution < 1.29 is 23.1 Å². The lowest BCUT2D eigenvalue weighted by Gasteiger charge is -2.32. The van der Waals surface area contributed by atoms with Gasteiger partial charge in [0.2, 0.25) is 0 Å². The molecule has 1 aromatic carbocycles. The summed E-state index contributed by atoms with van der Waals surface area (Å²) in [5, 5.41) is 9.59. The normalized spacial score (nSPS) is 15.3. The third-order valence-electron chi connectivity index (χ3n) is 4.80. The number of hydrogen-bond donors (Lipinski definition) is 2. The number of ether oxygens (including phenoxy) is 1. The highest BCUT2D eigenvalue weighted by molar-refractivity contribution is 7.92. The van der Waals surface area contributed by atoms with Gasteiger partial charge in [-0.15, -0.1) is 0 Å². The molecular weight excluding hydrogens is 382 g/mol. The fourth-order valence-electron chi connectivity index (χ4n) is 3.11. The first-order chi connectivity index (χ1) is 13.3. The van der Waals surface area contributed by atoms with Gasteiger partial charge >= 0.3 is 5.97 Å². The SMILES string of the molecule is COc1ccc(S(=O)(=O)Nc2cnc(N3CCC(C)CC3)c(C(=O)O)c2)cc1. The number of piperidine rings is 1. The van der Waals surface area contributed by atoms with Crippen molar-refractivity contribution in [3.05, 3.63) is 42.1 Å². The molecule has 8 nitrogen and oxygen atoms in total. The number of sulfonamides is 1. The summed E-state index contributed by atoms with van der Waals surface area (Å²) in [4.78, 5) is 18.0. The van der Waals surface area contributed by atoms with Gasteiger partial charge in [-0.05, 0) is 49.1 Å². The molecule has 0 spiro atoms. The first-order valence-electron chi connectivity index (χ1n) is 8.95. The molecule has 1 aliphatic rings. The third-order valence-corrected chi connectivity index (χ3v) is 6.20. The molecule has 0 amide bonds. The van der Waals surface area contributed by atoms with Gasteiger partial charge in [0.25, 0.3) is 10.0 Å². The maximum atomic E-state index is 12.6. The van der Waals surface area contributed by atoms with Crippen LogP contribution in [0.4, 0.5) is 11.5 Å². The molecule has 150 valence electrons. The van der Waals surface area contributed by atoms with Crippen LogP contribution >= 0.6 is 0 Å². The van der Waals surface area contributed by atoms with Crippen molar-refractivity contribution in [1.29, 1.82) is 0 Å². The van der Waals surface area contributed by atoms with Gasteiger partial charge in [-0.2, -0.15) is 0 Å². The Morgan fingerprint density at radius 2 is 1.89 bits per heavy atom. The number of methoxy groups -OCH3 is 1. The molecule has 2 aromatic rings. The number of aromatic carboxylic acids is 1. The Hall–Kier alpha value is -2.81. The number of nitrogens with one attached hydrogen (secondary N) is 1. The van der Waals surface area contributed by atoms with Crippen molar-refractivity contribution in [2.24, 2.45) is 5.92 Å². The molecule has 9 heteroatoms. The van der Waals surface area contributed by atoms with Crippen molar-refractivity contribution in [2.75, 3.05) is 29.8 Å². The molecule has 0 saturated carbocycles. The maximum Gasteiger partial charge on any atom is 0.339 e. The zero-order chi connectivity index (χ0) is 20.3. The average molecular weight is 405 g/mol. The number of anilines is 2. The minimum Gasteiger partial charge on any atom is -0.497 e. The number of nitrogens with zero attached hydrogens (tertiary/aromatic N) is 2. The highest BCUT2D eigenvalue weighted by Gasteiger charge is 2.23. The van der Waals surface area contributed by atoms with E-state index in [9.17, 15) is 18.3 Å². The first-order valence-corrected chi connectivity index (χ1v) is 10.4. The van der Waals surface area contributed by atoms with Crippen LogP contribution < -0.4 is 14.4 Å². The van der Waals surface area contributed by atoms with E-state index >= 15 is 0 Å². The molecule has 1 aliphatic heterocycles. The van der Waals surface area contributed by atoms with Gasteiger partial charge in [-0.25, -0.2) is 18.2 Å². The Kier molecular flexibility index (Phi) is 5.73. The lowest BCUT2D eigenvalue weighted by Crippen LogP contribution is -2.34. The van der Waals surface area contributed by atoms with E-state index in [1.54, 1.807) is 0 Å². The van der Waals surface area contributed by atoms with Crippen LogP contribution in [0.5, 0.6) is 5.75 Å². The van der Waals surface area contributed by atoms with E-state index in [1.807, 2.05) is 4.90 Å². The van der Waals surface area contributed by atoms with Crippen LogP contribution in [0, 0.1) is 5.92 Å². The van der Waals surface area contributed by atoms with Gasteiger partial charge in [-0.3, -0.25) is 4.72 Å². The topological polar surface area (TPSA) is 109 Å². The van der Waals surface area contributed by atoms with E-state index in [2.05, 4.69) is 16.6 Å². The lowest BCUT2D eigenvalue weighted by molar-refractivity contribution is 0.0697. The van der Waals surface area contributed by atoms with E-state index in [0.717, 1.165) is 25.9 Å². The zero-order valence-electron chi connectivity index (χ0n) is 15.8. The summed E-state index contributed by atoms with van der Waals surface area (Å²) in [6, 6.07) is 7.21. The molecule has 1 fully saturated rings. The number of aromatic nitrogens is 1. The number of carboxylic acid groups (broad SMARTS) is 1. The van der Waals surface area contributed by atoms with Crippen molar-refractivity contribution in [2.45, 2.75) is 24.7 Å². The molecule has 3 rings (SSSR count). The van der Waals surface area contributed by atoms with Gasteiger partial charge in [0.1, 0.15) is 17.1 Å². The summed E-state index contributed by atoms with van der Waals surface area (Å²) < 4.78 is 32.6. The van der Waals surface area contributed by atoms with Crippen LogP contribution in [-0.4, -0.2) is 44.7 Å². The van der Waals surface area contributed by atoms with Gasteiger partial charge in [-0.1, -0.05) is 6.92 Å². The Morgan fingerprint density at radius 3 is 2.46 bits per heavy atom. The molecule has 2 N–H and O–H groups in total. The van der Waals surface area contributed by atoms with Gasteiger partial charge in [0.05, 0.1) is 23.9 Å². The van der Waals surface area contributed by atoms with Crippen molar-refractivity contribution in [3.8, 4) is 5.75 Å². The fraction of sp³-hybridized carbons (Fsp3) is 0.368. The second-order valence-corrected chi connectivity index (χ2v) is 8.53. The molecule has 0 unspecified atom stereocenters. The first kappa shape index (κ1) is 19.9. The summed E-state index contributed by atoms with van der Waals surface area (Å²) in [6.45, 7) is 3.62. The predicted octanol–water partition coefficient (Wildman–Crippen LogP) is 2.83. The molecule has 1 aromatic heterocycles. The van der Waals surface area contributed by atoms with Gasteiger partial charge in [0, 0.05) is 13.1 Å². The molecule has 28 heavy (non-hydrogen) atoms. The number of carbonyl (C=O) groups is 1. The second-order valence-electron chi connectivity index (χ2n) is 6.85. The Labute approximate surface area is 164 Å². The minimum absolute atomic E-state index is 0.0236. The number of rotatable bonds is 6. The molecule has 0 bridgehead atoms. The van der Waals surface area contributed by atoms with Crippen molar-refractivity contribution in [1.82, 2.24) is 4.98 Å². The quantitative estimate of drug-likeness (QED) is 0.760. The zero-order valence-corrected chi connectivity index (χ0v) is 16.6. The number of benzene rings is 1. The molecule has 0 atom stereocenters. The summed E-state index contributed by atoms with van der Waals surface area (Å²) in [7, 11) is -2.39. The maximum absolute atomic E-state index is 12.6. The predicted molar refractivity (Wildman–Crippen MR) is 106 cm³/mol. The summed E-state index contributed by atoms with van der Waals surface area (Å²) in [5.41, 5.74) is 0.0758. The van der Waals surface area contributed by atoms with E-state index in [4.69, 9.17) is 4.74 Å². The molecular formula is C19H23N3O5S. The molecule has 1 saturated heterocycles. The monoisotopic (exact) mass is 405 g/mol. The molecule has 0 radical (unpaired) electrons. The molecule has 2 heterocycles. The largest absolute Gasteiger partial charge is 0.497 e. The van der Waals surface area contributed by atoms with E-state index in [-0.39, 0.29) is 16.1 Å². The van der Waals surface area contributed by atoms with E-state index < -0.39 is 16.0 Å². The van der Waals surface area contributed by atoms with Crippen LogP contribution in [0.3, 0.4) is 0 Å². The van der Waals surface area contributed by atoms with Crippen LogP contribution in [-0.2, 0) is 10.0 Å². The second kappa shape index (κ2) is 8.05. The van der Waals surface area contributed by atoms with Crippen LogP contribution in [0.2, 0.25) is 0 Å². The van der Waals surface area contributed by atoms with Crippen molar-refractivity contribution >= 4 is 27.5 Å². The minimum atomic E-state index is -3.88. The van der Waals surface area contributed by atoms with E-state index in [1.165, 1.54) is 43.6 Å². The fourth-order valence-corrected chi connectivity index (χ4v) is 4.15. The highest BCUT2D eigenvalue weighted by atomic mass is 32.2. The van der Waals surface area contributed by atoms with E-state index in [0.29, 0.717) is 17.5 Å². The highest BCUT2D eigenvalue weighted by Crippen LogP contribution is 2.27. The summed E-state index contributed by atoms with van der Waals surface area (Å²) in [5.74, 6) is 0.354. The third kappa shape index (κ3) is 4.36. The molecule has 0 aliphatic carbocycles. The van der Waals surface area contributed by atoms with Crippen LogP contribution in [0.25, 0.3) is 0 Å². The number of hydrogen-bond acceptors (Lipinski definition) is 6. The number of pyridine rings is 1. The number of carboxylic acids is 1. The Bertz CT molecular complexity index is 952. The smallest absolute Gasteiger partial charge is 0.339 e. The van der Waals surface area contributed by atoms with Crippen molar-refractivity contribution in [3.63, 3.8) is 0 Å². The average Bonchev–Trinajstić information content (AvgIpc) is 2.68. The van der Waals surface area contributed by atoms with Crippen LogP contribution in [0.15, 0.2) is 41.4 Å². The summed E-state index contributed by atoms with van der Waals surface area (Å²) >= 11 is 0. The lowest BCUT2D eigenvalue weighted by atomic mass is 9.99. The van der Waals surface area contributed by atoms with Gasteiger partial charge < -0.3 is 14.7 Å². The summed E-state index contributed by atoms with van der Waals surface area (Å²) in [6.07, 6.45) is 3.28. The standard InChI is InChI=1S/C19H23N3O5S/c1-13-7-9-22(10-8-13)18-17(19(23)24)11-14(12-20-18)21-28(25,26)16-5-3-15(27-2)4-6-16/h3-6,11-13,21H,7-10H2,1-2H3,(H,23,24).